The Morgan fingerprint density at radius 2 is 0.926 bits per heavy atom. The maximum Gasteiger partial charge on any atom is 0.119 e. The molecule has 0 spiro atoms. The van der Waals surface area contributed by atoms with Crippen molar-refractivity contribution in [2.24, 2.45) is 0 Å². The van der Waals surface area contributed by atoms with Crippen LogP contribution in [0.1, 0.15) is 123 Å². The topological polar surface area (TPSA) is 9.23 Å². The quantitative estimate of drug-likeness (QED) is 0.246. The molecule has 158 valence electrons. The predicted octanol–water partition coefficient (Wildman–Crippen LogP) is 9.27. The first-order valence-corrected chi connectivity index (χ1v) is 12.0. The van der Waals surface area contributed by atoms with Gasteiger partial charge in [-0.1, -0.05) is 128 Å². The van der Waals surface area contributed by atoms with Crippen LogP contribution in [0.2, 0.25) is 0 Å². The second kappa shape index (κ2) is 21.3. The van der Waals surface area contributed by atoms with Gasteiger partial charge in [0.1, 0.15) is 5.75 Å². The van der Waals surface area contributed by atoms with Gasteiger partial charge >= 0.3 is 0 Å². The van der Waals surface area contributed by atoms with E-state index in [0.717, 1.165) is 12.4 Å². The Morgan fingerprint density at radius 1 is 0.556 bits per heavy atom. The number of hydrogen-bond donors (Lipinski definition) is 0. The molecule has 0 amide bonds. The van der Waals surface area contributed by atoms with Crippen molar-refractivity contribution < 1.29 is 4.74 Å². The third-order valence-corrected chi connectivity index (χ3v) is 5.04. The van der Waals surface area contributed by atoms with Crippen molar-refractivity contribution >= 4 is 0 Å². The van der Waals surface area contributed by atoms with Crippen molar-refractivity contribution in [3.8, 4) is 5.75 Å². The fraction of sp³-hybridized carbons (Fsp3) is 0.769. The molecule has 0 aliphatic carbocycles. The van der Waals surface area contributed by atoms with Crippen LogP contribution in [0, 0.1) is 6.92 Å². The molecule has 0 fully saturated rings. The molecule has 1 aromatic rings. The largest absolute Gasteiger partial charge is 0.494 e. The second-order valence-corrected chi connectivity index (χ2v) is 7.61. The highest BCUT2D eigenvalue weighted by Crippen LogP contribution is 2.14. The molecule has 1 rings (SSSR count). The average Bonchev–Trinajstić information content (AvgIpc) is 2.70. The van der Waals surface area contributed by atoms with Gasteiger partial charge in [0.05, 0.1) is 6.61 Å². The smallest absolute Gasteiger partial charge is 0.119 e. The first kappa shape index (κ1) is 26.0. The molecule has 0 saturated carbocycles. The highest BCUT2D eigenvalue weighted by atomic mass is 16.5. The highest BCUT2D eigenvalue weighted by Gasteiger charge is 1.96. The van der Waals surface area contributed by atoms with Crippen LogP contribution in [0.25, 0.3) is 0 Å². The summed E-state index contributed by atoms with van der Waals surface area (Å²) < 4.78 is 5.77. The van der Waals surface area contributed by atoms with E-state index in [1.807, 2.05) is 13.8 Å². The molecular formula is C26H48O. The minimum Gasteiger partial charge on any atom is -0.494 e. The Bertz CT molecular complexity index is 382. The predicted molar refractivity (Wildman–Crippen MR) is 123 cm³/mol. The Morgan fingerprint density at radius 3 is 1.33 bits per heavy atom. The number of hydrogen-bond acceptors (Lipinski definition) is 1. The van der Waals surface area contributed by atoms with E-state index >= 15 is 0 Å². The van der Waals surface area contributed by atoms with Gasteiger partial charge < -0.3 is 4.74 Å². The Balaban J connectivity index is 0.00000326. The lowest BCUT2D eigenvalue weighted by Crippen LogP contribution is -1.97. The summed E-state index contributed by atoms with van der Waals surface area (Å²) in [5.41, 5.74) is 1.29. The molecule has 0 atom stereocenters. The lowest BCUT2D eigenvalue weighted by atomic mass is 10.0. The lowest BCUT2D eigenvalue weighted by Gasteiger charge is -2.06. The van der Waals surface area contributed by atoms with Gasteiger partial charge in [-0.05, 0) is 25.5 Å². The summed E-state index contributed by atoms with van der Waals surface area (Å²) in [5.74, 6) is 1.01. The summed E-state index contributed by atoms with van der Waals surface area (Å²) in [7, 11) is 0. The Kier molecular flexibility index (Phi) is 20.5. The second-order valence-electron chi connectivity index (χ2n) is 7.61. The molecule has 0 bridgehead atoms. The third-order valence-electron chi connectivity index (χ3n) is 5.04. The summed E-state index contributed by atoms with van der Waals surface area (Å²) in [5, 5.41) is 0. The number of rotatable bonds is 17. The van der Waals surface area contributed by atoms with Crippen LogP contribution in [-0.4, -0.2) is 6.61 Å². The molecule has 1 aromatic carbocycles. The van der Waals surface area contributed by atoms with Crippen molar-refractivity contribution in [1.29, 1.82) is 0 Å². The van der Waals surface area contributed by atoms with E-state index < -0.39 is 0 Å². The van der Waals surface area contributed by atoms with Gasteiger partial charge in [-0.15, -0.1) is 0 Å². The molecular weight excluding hydrogens is 328 g/mol. The summed E-state index contributed by atoms with van der Waals surface area (Å²) in [4.78, 5) is 0. The third kappa shape index (κ3) is 18.2. The first-order chi connectivity index (χ1) is 13.3. The molecule has 0 saturated heterocycles. The van der Waals surface area contributed by atoms with Gasteiger partial charge in [-0.2, -0.15) is 0 Å². The molecule has 0 aromatic heterocycles. The Labute approximate surface area is 171 Å². The van der Waals surface area contributed by atoms with Crippen LogP contribution in [0.5, 0.6) is 5.75 Å². The summed E-state index contributed by atoms with van der Waals surface area (Å²) >= 11 is 0. The minimum atomic E-state index is 0.862. The molecule has 0 heterocycles. The van der Waals surface area contributed by atoms with Crippen LogP contribution in [-0.2, 0) is 0 Å². The molecule has 0 aliphatic heterocycles. The minimum absolute atomic E-state index is 0.862. The van der Waals surface area contributed by atoms with E-state index in [0.29, 0.717) is 0 Å². The van der Waals surface area contributed by atoms with Crippen molar-refractivity contribution in [3.63, 3.8) is 0 Å². The molecule has 0 radical (unpaired) electrons. The normalized spacial score (nSPS) is 10.4. The Hall–Kier alpha value is -0.980. The van der Waals surface area contributed by atoms with Crippen LogP contribution in [0.15, 0.2) is 24.3 Å². The number of benzene rings is 1. The van der Waals surface area contributed by atoms with E-state index in [9.17, 15) is 0 Å². The zero-order valence-electron chi connectivity index (χ0n) is 19.0. The van der Waals surface area contributed by atoms with Crippen LogP contribution >= 0.6 is 0 Å². The first-order valence-electron chi connectivity index (χ1n) is 12.0. The van der Waals surface area contributed by atoms with Crippen LogP contribution < -0.4 is 4.74 Å². The van der Waals surface area contributed by atoms with Crippen LogP contribution in [0.4, 0.5) is 0 Å². The van der Waals surface area contributed by atoms with Gasteiger partial charge in [0.25, 0.3) is 0 Å². The highest BCUT2D eigenvalue weighted by molar-refractivity contribution is 5.26. The molecule has 0 N–H and O–H groups in total. The number of unbranched alkanes of at least 4 members (excludes halogenated alkanes) is 14. The summed E-state index contributed by atoms with van der Waals surface area (Å²) in [6.45, 7) is 9.26. The van der Waals surface area contributed by atoms with E-state index in [2.05, 4.69) is 38.1 Å². The maximum absolute atomic E-state index is 5.77. The van der Waals surface area contributed by atoms with Crippen molar-refractivity contribution in [3.05, 3.63) is 29.8 Å². The monoisotopic (exact) mass is 376 g/mol. The van der Waals surface area contributed by atoms with E-state index in [1.165, 1.54) is 102 Å². The SMILES string of the molecule is CC.CCCCCCCCCCCCCCCCCOc1ccc(C)cc1. The van der Waals surface area contributed by atoms with Crippen molar-refractivity contribution in [1.82, 2.24) is 0 Å². The molecule has 0 unspecified atom stereocenters. The zero-order chi connectivity index (χ0) is 20.0. The number of aryl methyl sites for hydroxylation is 1. The van der Waals surface area contributed by atoms with Crippen molar-refractivity contribution in [2.45, 2.75) is 124 Å². The van der Waals surface area contributed by atoms with Gasteiger partial charge in [0.2, 0.25) is 0 Å². The van der Waals surface area contributed by atoms with E-state index in [-0.39, 0.29) is 0 Å². The maximum atomic E-state index is 5.77. The van der Waals surface area contributed by atoms with E-state index in [1.54, 1.807) is 0 Å². The molecule has 1 heteroatoms. The fourth-order valence-electron chi connectivity index (χ4n) is 3.30. The summed E-state index contributed by atoms with van der Waals surface area (Å²) in [6, 6.07) is 8.37. The average molecular weight is 377 g/mol. The summed E-state index contributed by atoms with van der Waals surface area (Å²) in [6.07, 6.45) is 21.1. The van der Waals surface area contributed by atoms with E-state index in [4.69, 9.17) is 4.74 Å². The fourth-order valence-corrected chi connectivity index (χ4v) is 3.30. The van der Waals surface area contributed by atoms with Gasteiger partial charge in [-0.25, -0.2) is 0 Å². The van der Waals surface area contributed by atoms with Gasteiger partial charge in [-0.3, -0.25) is 0 Å². The molecule has 0 aliphatic rings. The molecule has 27 heavy (non-hydrogen) atoms. The lowest BCUT2D eigenvalue weighted by molar-refractivity contribution is 0.304. The molecule has 1 nitrogen and oxygen atoms in total. The van der Waals surface area contributed by atoms with Gasteiger partial charge in [0, 0.05) is 0 Å². The van der Waals surface area contributed by atoms with Crippen LogP contribution in [0.3, 0.4) is 0 Å². The zero-order valence-corrected chi connectivity index (χ0v) is 19.0. The van der Waals surface area contributed by atoms with Gasteiger partial charge in [0.15, 0.2) is 0 Å². The van der Waals surface area contributed by atoms with Crippen molar-refractivity contribution in [2.75, 3.05) is 6.61 Å². The standard InChI is InChI=1S/C24H42O.C2H6/c1-3-4-5-6-7-8-9-10-11-12-13-14-15-16-17-22-25-24-20-18-23(2)19-21-24;1-2/h18-21H,3-17,22H2,1-2H3;1-2H3. The number of ether oxygens (including phenoxy) is 1.